The number of nitrogens with one attached hydrogen (secondary N) is 1. The maximum absolute atomic E-state index is 13.4. The molecule has 0 radical (unpaired) electrons. The van der Waals surface area contributed by atoms with E-state index < -0.39 is 0 Å². The van der Waals surface area contributed by atoms with E-state index in [4.69, 9.17) is 4.98 Å². The predicted octanol–water partition coefficient (Wildman–Crippen LogP) is 4.35. The molecule has 4 heterocycles. The molecule has 6 aromatic rings. The first-order chi connectivity index (χ1) is 16.2. The van der Waals surface area contributed by atoms with Crippen molar-refractivity contribution in [3.63, 3.8) is 0 Å². The summed E-state index contributed by atoms with van der Waals surface area (Å²) in [6.45, 7) is 0.389. The van der Waals surface area contributed by atoms with Crippen molar-refractivity contribution in [1.29, 1.82) is 0 Å². The first-order valence-electron chi connectivity index (χ1n) is 11.0. The summed E-state index contributed by atoms with van der Waals surface area (Å²) < 4.78 is 4.50. The van der Waals surface area contributed by atoms with Crippen LogP contribution in [0.4, 0.5) is 0 Å². The van der Waals surface area contributed by atoms with Gasteiger partial charge in [-0.3, -0.25) is 9.89 Å². The van der Waals surface area contributed by atoms with Crippen molar-refractivity contribution in [2.45, 2.75) is 24.8 Å². The Morgan fingerprint density at radius 1 is 1.06 bits per heavy atom. The van der Waals surface area contributed by atoms with E-state index in [1.165, 1.54) is 10.2 Å². The van der Waals surface area contributed by atoms with Gasteiger partial charge in [-0.05, 0) is 30.0 Å². The second-order valence-electron chi connectivity index (χ2n) is 8.80. The molecule has 162 valence electrons. The normalized spacial score (nSPS) is 15.1. The van der Waals surface area contributed by atoms with Crippen LogP contribution in [0.2, 0.25) is 0 Å². The molecule has 0 spiro atoms. The summed E-state index contributed by atoms with van der Waals surface area (Å²) in [6.07, 6.45) is 5.83. The minimum Gasteiger partial charge on any atom is -0.323 e. The van der Waals surface area contributed by atoms with Gasteiger partial charge in [0.1, 0.15) is 10.5 Å². The molecule has 4 aromatic heterocycles. The van der Waals surface area contributed by atoms with Gasteiger partial charge in [-0.15, -0.1) is 11.3 Å². The standard InChI is InChI=1S/C25H20N6OS/c1-30-20-18(13-27-31(23(20)32)14-15-6-5-9-19-17(15)12-26-29-19)21-22(30)28-24(33-21)25(10-11-25)16-7-3-2-4-8-16/h2-9,12-13H,10-11,14H2,1H3,(H,26,29). The van der Waals surface area contributed by atoms with Gasteiger partial charge in [-0.2, -0.15) is 10.2 Å². The van der Waals surface area contributed by atoms with Crippen LogP contribution >= 0.6 is 11.3 Å². The number of nitrogens with zero attached hydrogens (tertiary/aromatic N) is 5. The molecule has 8 heteroatoms. The minimum atomic E-state index is -0.105. The maximum atomic E-state index is 13.4. The molecule has 1 aliphatic carbocycles. The molecule has 0 unspecified atom stereocenters. The fraction of sp³-hybridized carbons (Fsp3) is 0.200. The van der Waals surface area contributed by atoms with E-state index in [1.807, 2.05) is 36.0 Å². The van der Waals surface area contributed by atoms with Gasteiger partial charge in [-0.1, -0.05) is 42.5 Å². The Morgan fingerprint density at radius 3 is 2.73 bits per heavy atom. The molecular weight excluding hydrogens is 432 g/mol. The van der Waals surface area contributed by atoms with E-state index in [2.05, 4.69) is 45.6 Å². The van der Waals surface area contributed by atoms with Crippen molar-refractivity contribution >= 4 is 43.5 Å². The van der Waals surface area contributed by atoms with Gasteiger partial charge in [0.2, 0.25) is 0 Å². The SMILES string of the molecule is Cn1c2nc(C3(c4ccccc4)CC3)sc2c2cnn(Cc3cccc4[nH]ncc34)c(=O)c21. The van der Waals surface area contributed by atoms with Crippen molar-refractivity contribution in [3.05, 3.63) is 87.4 Å². The van der Waals surface area contributed by atoms with Crippen molar-refractivity contribution in [2.75, 3.05) is 0 Å². The average Bonchev–Trinajstić information content (AvgIpc) is 3.18. The van der Waals surface area contributed by atoms with Gasteiger partial charge in [0.25, 0.3) is 5.56 Å². The molecule has 1 aliphatic rings. The van der Waals surface area contributed by atoms with Crippen LogP contribution in [0.1, 0.15) is 29.0 Å². The number of H-pyrrole nitrogens is 1. The van der Waals surface area contributed by atoms with Crippen LogP contribution in [-0.4, -0.2) is 29.5 Å². The van der Waals surface area contributed by atoms with Crippen molar-refractivity contribution in [1.82, 2.24) is 29.5 Å². The fourth-order valence-electron chi connectivity index (χ4n) is 4.94. The highest BCUT2D eigenvalue weighted by Gasteiger charge is 2.48. The molecule has 7 nitrogen and oxygen atoms in total. The Hall–Kier alpha value is -3.78. The summed E-state index contributed by atoms with van der Waals surface area (Å²) in [5, 5.41) is 14.7. The van der Waals surface area contributed by atoms with Gasteiger partial charge in [0, 0.05) is 23.2 Å². The topological polar surface area (TPSA) is 81.4 Å². The monoisotopic (exact) mass is 452 g/mol. The van der Waals surface area contributed by atoms with Crippen LogP contribution in [0.5, 0.6) is 0 Å². The maximum Gasteiger partial charge on any atom is 0.291 e. The van der Waals surface area contributed by atoms with Crippen LogP contribution in [0.25, 0.3) is 32.2 Å². The third kappa shape index (κ3) is 2.61. The zero-order chi connectivity index (χ0) is 22.2. The fourth-order valence-corrected chi connectivity index (χ4v) is 6.32. The number of aryl methyl sites for hydroxylation is 1. The lowest BCUT2D eigenvalue weighted by Gasteiger charge is -2.12. The van der Waals surface area contributed by atoms with Gasteiger partial charge in [0.15, 0.2) is 5.65 Å². The minimum absolute atomic E-state index is 0.0168. The summed E-state index contributed by atoms with van der Waals surface area (Å²) in [5.41, 5.74) is 4.70. The smallest absolute Gasteiger partial charge is 0.291 e. The van der Waals surface area contributed by atoms with E-state index in [1.54, 1.807) is 17.5 Å². The zero-order valence-electron chi connectivity index (χ0n) is 17.9. The van der Waals surface area contributed by atoms with Crippen LogP contribution in [0, 0.1) is 0 Å². The number of rotatable bonds is 4. The Kier molecular flexibility index (Phi) is 3.76. The second-order valence-corrected chi connectivity index (χ2v) is 9.80. The molecule has 0 aliphatic heterocycles. The van der Waals surface area contributed by atoms with Gasteiger partial charge >= 0.3 is 0 Å². The molecule has 0 atom stereocenters. The van der Waals surface area contributed by atoms with Crippen LogP contribution in [0.3, 0.4) is 0 Å². The number of aromatic amines is 1. The lowest BCUT2D eigenvalue weighted by atomic mass is 9.97. The lowest BCUT2D eigenvalue weighted by Crippen LogP contribution is -2.24. The molecule has 0 amide bonds. The van der Waals surface area contributed by atoms with Crippen LogP contribution in [0.15, 0.2) is 65.7 Å². The van der Waals surface area contributed by atoms with E-state index in [-0.39, 0.29) is 11.0 Å². The molecule has 33 heavy (non-hydrogen) atoms. The molecule has 1 saturated carbocycles. The highest BCUT2D eigenvalue weighted by Crippen LogP contribution is 2.55. The Bertz CT molecular complexity index is 1740. The molecule has 1 fully saturated rings. The summed E-state index contributed by atoms with van der Waals surface area (Å²) in [5.74, 6) is 0. The molecule has 0 saturated heterocycles. The number of aromatic nitrogens is 6. The zero-order valence-corrected chi connectivity index (χ0v) is 18.8. The third-order valence-electron chi connectivity index (χ3n) is 6.91. The second kappa shape index (κ2) is 6.62. The summed E-state index contributed by atoms with van der Waals surface area (Å²) in [7, 11) is 1.93. The van der Waals surface area contributed by atoms with Crippen molar-refractivity contribution in [3.8, 4) is 0 Å². The highest BCUT2D eigenvalue weighted by molar-refractivity contribution is 7.19. The Labute approximate surface area is 192 Å². The largest absolute Gasteiger partial charge is 0.323 e. The number of hydrogen-bond donors (Lipinski definition) is 1. The van der Waals surface area contributed by atoms with E-state index >= 15 is 0 Å². The van der Waals surface area contributed by atoms with E-state index in [0.717, 1.165) is 50.0 Å². The van der Waals surface area contributed by atoms with E-state index in [0.29, 0.717) is 12.1 Å². The number of thiazole rings is 1. The number of hydrogen-bond acceptors (Lipinski definition) is 5. The van der Waals surface area contributed by atoms with Gasteiger partial charge in [0.05, 0.1) is 29.2 Å². The molecular formula is C25H20N6OS. The molecule has 0 bridgehead atoms. The quantitative estimate of drug-likeness (QED) is 0.431. The summed E-state index contributed by atoms with van der Waals surface area (Å²) in [6, 6.07) is 16.6. The van der Waals surface area contributed by atoms with Crippen LogP contribution < -0.4 is 5.56 Å². The molecule has 1 N–H and O–H groups in total. The molecule has 7 rings (SSSR count). The Balaban J connectivity index is 1.35. The first-order valence-corrected chi connectivity index (χ1v) is 11.8. The first kappa shape index (κ1) is 18.8. The summed E-state index contributed by atoms with van der Waals surface area (Å²) >= 11 is 1.70. The van der Waals surface area contributed by atoms with Crippen molar-refractivity contribution < 1.29 is 0 Å². The number of fused-ring (bicyclic) bond motifs is 4. The van der Waals surface area contributed by atoms with Crippen molar-refractivity contribution in [2.24, 2.45) is 7.05 Å². The predicted molar refractivity (Wildman–Crippen MR) is 130 cm³/mol. The average molecular weight is 453 g/mol. The van der Waals surface area contributed by atoms with Gasteiger partial charge < -0.3 is 4.57 Å². The van der Waals surface area contributed by atoms with Gasteiger partial charge in [-0.25, -0.2) is 9.67 Å². The third-order valence-corrected chi connectivity index (χ3v) is 8.19. The van der Waals surface area contributed by atoms with E-state index in [9.17, 15) is 4.79 Å². The van der Waals surface area contributed by atoms with Crippen LogP contribution in [-0.2, 0) is 19.0 Å². The molecule has 2 aromatic carbocycles. The highest BCUT2D eigenvalue weighted by atomic mass is 32.1. The Morgan fingerprint density at radius 2 is 1.91 bits per heavy atom. The summed E-state index contributed by atoms with van der Waals surface area (Å²) in [4.78, 5) is 18.5. The lowest BCUT2D eigenvalue weighted by molar-refractivity contribution is 0.647. The number of benzene rings is 2.